The standard InChI is InChI=1S/C5H13P.CH4/c1-4(2)5(3)6;/h4-5H,6H2,1-3H3;1H4. The first-order chi connectivity index (χ1) is 2.64. The van der Waals surface area contributed by atoms with Crippen molar-refractivity contribution >= 4 is 9.24 Å². The van der Waals surface area contributed by atoms with Gasteiger partial charge in [-0.1, -0.05) is 28.2 Å². The molecule has 0 amide bonds. The van der Waals surface area contributed by atoms with E-state index in [2.05, 4.69) is 30.0 Å². The summed E-state index contributed by atoms with van der Waals surface area (Å²) < 4.78 is 0. The molecule has 0 aromatic rings. The molecule has 0 saturated heterocycles. The zero-order valence-corrected chi connectivity index (χ0v) is 5.89. The quantitative estimate of drug-likeness (QED) is 0.466. The van der Waals surface area contributed by atoms with Crippen LogP contribution >= 0.6 is 9.24 Å². The van der Waals surface area contributed by atoms with Crippen molar-refractivity contribution in [2.24, 2.45) is 5.92 Å². The first kappa shape index (κ1) is 10.4. The lowest BCUT2D eigenvalue weighted by molar-refractivity contribution is 0.642. The van der Waals surface area contributed by atoms with Gasteiger partial charge in [0.1, 0.15) is 0 Å². The normalized spacial score (nSPS) is 13.3. The SMILES string of the molecule is C.CC(C)C(C)P. The molecular weight excluding hydrogens is 103 g/mol. The summed E-state index contributed by atoms with van der Waals surface area (Å²) in [6.07, 6.45) is 0. The van der Waals surface area contributed by atoms with Gasteiger partial charge in [-0.3, -0.25) is 0 Å². The van der Waals surface area contributed by atoms with Gasteiger partial charge in [0, 0.05) is 0 Å². The minimum absolute atomic E-state index is 0. The highest BCUT2D eigenvalue weighted by molar-refractivity contribution is 7.17. The van der Waals surface area contributed by atoms with Crippen molar-refractivity contribution < 1.29 is 0 Å². The molecule has 0 radical (unpaired) electrons. The number of hydrogen-bond acceptors (Lipinski definition) is 0. The molecule has 0 rings (SSSR count). The van der Waals surface area contributed by atoms with Crippen LogP contribution < -0.4 is 0 Å². The third-order valence-electron chi connectivity index (χ3n) is 1.05. The highest BCUT2D eigenvalue weighted by atomic mass is 31.0. The summed E-state index contributed by atoms with van der Waals surface area (Å²) in [6.45, 7) is 6.64. The summed E-state index contributed by atoms with van der Waals surface area (Å²) >= 11 is 0. The molecule has 0 heterocycles. The zero-order chi connectivity index (χ0) is 5.15. The highest BCUT2D eigenvalue weighted by Gasteiger charge is 1.95. The number of hydrogen-bond donors (Lipinski definition) is 0. The predicted octanol–water partition coefficient (Wildman–Crippen LogP) is 2.54. The maximum Gasteiger partial charge on any atom is -0.0270 e. The molecule has 0 spiro atoms. The van der Waals surface area contributed by atoms with E-state index in [4.69, 9.17) is 0 Å². The molecule has 0 aromatic heterocycles. The minimum atomic E-state index is 0. The van der Waals surface area contributed by atoms with E-state index in [1.807, 2.05) is 0 Å². The van der Waals surface area contributed by atoms with E-state index in [0.717, 1.165) is 11.6 Å². The zero-order valence-electron chi connectivity index (χ0n) is 4.73. The first-order valence-electron chi connectivity index (χ1n) is 2.40. The molecule has 0 fully saturated rings. The van der Waals surface area contributed by atoms with Crippen LogP contribution in [0.1, 0.15) is 28.2 Å². The third kappa shape index (κ3) is 6.43. The molecule has 7 heavy (non-hydrogen) atoms. The fourth-order valence-electron chi connectivity index (χ4n) is 0. The van der Waals surface area contributed by atoms with Crippen molar-refractivity contribution in [2.75, 3.05) is 0 Å². The average Bonchev–Trinajstić information content (AvgIpc) is 1.36. The molecule has 0 nitrogen and oxygen atoms in total. The molecule has 46 valence electrons. The van der Waals surface area contributed by atoms with Crippen molar-refractivity contribution in [1.82, 2.24) is 0 Å². The summed E-state index contributed by atoms with van der Waals surface area (Å²) in [5.41, 5.74) is 0.769. The molecule has 0 aliphatic carbocycles. The van der Waals surface area contributed by atoms with E-state index in [1.165, 1.54) is 0 Å². The summed E-state index contributed by atoms with van der Waals surface area (Å²) in [5, 5.41) is 0. The van der Waals surface area contributed by atoms with Crippen molar-refractivity contribution in [3.63, 3.8) is 0 Å². The van der Waals surface area contributed by atoms with Gasteiger partial charge in [0.25, 0.3) is 0 Å². The first-order valence-corrected chi connectivity index (χ1v) is 3.07. The van der Waals surface area contributed by atoms with Gasteiger partial charge in [-0.25, -0.2) is 0 Å². The van der Waals surface area contributed by atoms with Crippen LogP contribution in [-0.4, -0.2) is 5.66 Å². The van der Waals surface area contributed by atoms with E-state index >= 15 is 0 Å². The molecule has 2 unspecified atom stereocenters. The Balaban J connectivity index is 0. The van der Waals surface area contributed by atoms with E-state index in [9.17, 15) is 0 Å². The van der Waals surface area contributed by atoms with E-state index in [1.54, 1.807) is 0 Å². The Morgan fingerprint density at radius 1 is 1.14 bits per heavy atom. The van der Waals surface area contributed by atoms with Gasteiger partial charge in [-0.05, 0) is 11.6 Å². The van der Waals surface area contributed by atoms with Gasteiger partial charge in [0.05, 0.1) is 0 Å². The van der Waals surface area contributed by atoms with Crippen LogP contribution in [0.15, 0.2) is 0 Å². The Bertz CT molecular complexity index is 25.2. The monoisotopic (exact) mass is 120 g/mol. The Labute approximate surface area is 49.9 Å². The van der Waals surface area contributed by atoms with Crippen molar-refractivity contribution in [3.8, 4) is 0 Å². The molecular formula is C6H17P. The average molecular weight is 120 g/mol. The second-order valence-electron chi connectivity index (χ2n) is 2.10. The van der Waals surface area contributed by atoms with Gasteiger partial charge in [-0.15, -0.1) is 9.24 Å². The van der Waals surface area contributed by atoms with E-state index in [0.29, 0.717) is 0 Å². The lowest BCUT2D eigenvalue weighted by Crippen LogP contribution is -1.98. The topological polar surface area (TPSA) is 0 Å². The van der Waals surface area contributed by atoms with E-state index < -0.39 is 0 Å². The molecule has 0 N–H and O–H groups in total. The van der Waals surface area contributed by atoms with Crippen LogP contribution in [0.4, 0.5) is 0 Å². The Morgan fingerprint density at radius 3 is 1.29 bits per heavy atom. The van der Waals surface area contributed by atoms with Gasteiger partial charge in [-0.2, -0.15) is 0 Å². The Morgan fingerprint density at radius 2 is 1.29 bits per heavy atom. The van der Waals surface area contributed by atoms with Crippen molar-refractivity contribution in [2.45, 2.75) is 33.9 Å². The lowest BCUT2D eigenvalue weighted by Gasteiger charge is -2.05. The van der Waals surface area contributed by atoms with Gasteiger partial charge in [0.15, 0.2) is 0 Å². The summed E-state index contributed by atoms with van der Waals surface area (Å²) in [7, 11) is 2.77. The predicted molar refractivity (Wildman–Crippen MR) is 40.7 cm³/mol. The van der Waals surface area contributed by atoms with Crippen LogP contribution in [0.25, 0.3) is 0 Å². The van der Waals surface area contributed by atoms with E-state index in [-0.39, 0.29) is 7.43 Å². The largest absolute Gasteiger partial charge is 0.134 e. The molecule has 0 aliphatic heterocycles. The van der Waals surface area contributed by atoms with Crippen LogP contribution in [0.2, 0.25) is 0 Å². The second-order valence-corrected chi connectivity index (χ2v) is 3.15. The molecule has 1 heteroatoms. The molecule has 0 aromatic carbocycles. The minimum Gasteiger partial charge on any atom is -0.134 e. The fraction of sp³-hybridized carbons (Fsp3) is 1.00. The van der Waals surface area contributed by atoms with Crippen LogP contribution in [0.3, 0.4) is 0 Å². The van der Waals surface area contributed by atoms with Crippen LogP contribution in [-0.2, 0) is 0 Å². The number of rotatable bonds is 1. The Hall–Kier alpha value is 0.430. The maximum absolute atomic E-state index is 2.77. The van der Waals surface area contributed by atoms with Gasteiger partial charge in [0.2, 0.25) is 0 Å². The fourth-order valence-corrected chi connectivity index (χ4v) is 0. The smallest absolute Gasteiger partial charge is 0.0270 e. The van der Waals surface area contributed by atoms with Crippen molar-refractivity contribution in [1.29, 1.82) is 0 Å². The van der Waals surface area contributed by atoms with Crippen LogP contribution in [0.5, 0.6) is 0 Å². The highest BCUT2D eigenvalue weighted by Crippen LogP contribution is 2.08. The molecule has 0 saturated carbocycles. The summed E-state index contributed by atoms with van der Waals surface area (Å²) in [5.74, 6) is 0.815. The summed E-state index contributed by atoms with van der Waals surface area (Å²) in [4.78, 5) is 0. The molecule has 0 aliphatic rings. The van der Waals surface area contributed by atoms with Gasteiger partial charge >= 0.3 is 0 Å². The maximum atomic E-state index is 2.77. The van der Waals surface area contributed by atoms with Crippen molar-refractivity contribution in [3.05, 3.63) is 0 Å². The van der Waals surface area contributed by atoms with Crippen LogP contribution in [0, 0.1) is 5.92 Å². The molecule has 0 bridgehead atoms. The lowest BCUT2D eigenvalue weighted by atomic mass is 10.2. The van der Waals surface area contributed by atoms with Gasteiger partial charge < -0.3 is 0 Å². The second kappa shape index (κ2) is 4.59. The third-order valence-corrected chi connectivity index (χ3v) is 1.82. The molecule has 2 atom stereocenters. The Kier molecular flexibility index (Phi) is 6.82. The summed E-state index contributed by atoms with van der Waals surface area (Å²) in [6, 6.07) is 0.